The fourth-order valence-electron chi connectivity index (χ4n) is 3.25. The minimum Gasteiger partial charge on any atom is -0.507 e. The van der Waals surface area contributed by atoms with Gasteiger partial charge in [-0.3, -0.25) is 9.78 Å². The number of carbonyl (C=O) groups excluding carboxylic acids is 2. The van der Waals surface area contributed by atoms with Crippen LogP contribution >= 0.6 is 0 Å². The minimum absolute atomic E-state index is 0.0220. The van der Waals surface area contributed by atoms with Gasteiger partial charge in [-0.1, -0.05) is 6.92 Å². The molecule has 3 N–H and O–H groups in total. The third-order valence-corrected chi connectivity index (χ3v) is 5.36. The van der Waals surface area contributed by atoms with Gasteiger partial charge in [0.2, 0.25) is 0 Å². The Hall–Kier alpha value is -3.68. The number of nitrogens with zero attached hydrogens (tertiary/aromatic N) is 3. The highest BCUT2D eigenvalue weighted by molar-refractivity contribution is 6.04. The Morgan fingerprint density at radius 3 is 2.74 bits per heavy atom. The summed E-state index contributed by atoms with van der Waals surface area (Å²) in [5.41, 5.74) is 2.70. The first kappa shape index (κ1) is 20.6. The smallest absolute Gasteiger partial charge is 0.342 e. The standard InChI is InChI=1S/C23H25N5O3/c1-3-14(2)25-23(31)28-20(15-6-7-15)12-19(27-28)18-11-17(8-9-21(18)29)26-22(30)16-5-4-10-24-13-16/h4-5,8-15,29H,3,6-7H2,1-2H3,(H,25,31)(H,26,30). The van der Waals surface area contributed by atoms with Crippen molar-refractivity contribution in [2.45, 2.75) is 45.1 Å². The summed E-state index contributed by atoms with van der Waals surface area (Å²) in [4.78, 5) is 29.1. The quantitative estimate of drug-likeness (QED) is 0.520. The Morgan fingerprint density at radius 1 is 1.26 bits per heavy atom. The summed E-state index contributed by atoms with van der Waals surface area (Å²) in [6.45, 7) is 3.95. The number of phenols is 1. The number of phenolic OH excluding ortho intramolecular Hbond substituents is 1. The van der Waals surface area contributed by atoms with Crippen molar-refractivity contribution in [3.8, 4) is 17.0 Å². The number of nitrogens with one attached hydrogen (secondary N) is 2. The molecule has 1 unspecified atom stereocenters. The van der Waals surface area contributed by atoms with Crippen LogP contribution in [0.15, 0.2) is 48.8 Å². The largest absolute Gasteiger partial charge is 0.507 e. The maximum atomic E-state index is 12.7. The Labute approximate surface area is 180 Å². The molecule has 0 aliphatic heterocycles. The lowest BCUT2D eigenvalue weighted by Crippen LogP contribution is -2.36. The Kier molecular flexibility index (Phi) is 5.70. The molecule has 1 aromatic carbocycles. The van der Waals surface area contributed by atoms with E-state index in [1.165, 1.54) is 16.9 Å². The van der Waals surface area contributed by atoms with Gasteiger partial charge >= 0.3 is 6.03 Å². The van der Waals surface area contributed by atoms with Gasteiger partial charge < -0.3 is 15.7 Å². The third kappa shape index (κ3) is 4.58. The molecule has 2 heterocycles. The van der Waals surface area contributed by atoms with E-state index < -0.39 is 0 Å². The van der Waals surface area contributed by atoms with E-state index in [4.69, 9.17) is 0 Å². The first-order chi connectivity index (χ1) is 15.0. The maximum Gasteiger partial charge on any atom is 0.342 e. The van der Waals surface area contributed by atoms with E-state index in [0.29, 0.717) is 28.4 Å². The molecule has 160 valence electrons. The molecule has 1 aliphatic carbocycles. The number of anilines is 1. The first-order valence-electron chi connectivity index (χ1n) is 10.4. The lowest BCUT2D eigenvalue weighted by molar-refractivity contribution is 0.102. The van der Waals surface area contributed by atoms with Gasteiger partial charge in [0.25, 0.3) is 5.91 Å². The zero-order chi connectivity index (χ0) is 22.0. The molecule has 8 heteroatoms. The summed E-state index contributed by atoms with van der Waals surface area (Å²) in [6.07, 6.45) is 5.92. The van der Waals surface area contributed by atoms with Gasteiger partial charge in [-0.25, -0.2) is 4.79 Å². The molecule has 4 rings (SSSR count). The topological polar surface area (TPSA) is 109 Å². The highest BCUT2D eigenvalue weighted by Crippen LogP contribution is 2.42. The second kappa shape index (κ2) is 8.59. The number of carbonyl (C=O) groups is 2. The molecular weight excluding hydrogens is 394 g/mol. The molecule has 0 bridgehead atoms. The normalized spacial score (nSPS) is 14.1. The average molecular weight is 419 g/mol. The molecule has 31 heavy (non-hydrogen) atoms. The number of benzene rings is 1. The molecule has 1 fully saturated rings. The zero-order valence-electron chi connectivity index (χ0n) is 17.5. The van der Waals surface area contributed by atoms with E-state index >= 15 is 0 Å². The number of aromatic nitrogens is 3. The van der Waals surface area contributed by atoms with Gasteiger partial charge in [0, 0.05) is 35.6 Å². The van der Waals surface area contributed by atoms with Crippen LogP contribution in [0.3, 0.4) is 0 Å². The average Bonchev–Trinajstić information content (AvgIpc) is 3.53. The van der Waals surface area contributed by atoms with Crippen LogP contribution in [0.5, 0.6) is 5.75 Å². The van der Waals surface area contributed by atoms with Crippen molar-refractivity contribution < 1.29 is 14.7 Å². The predicted molar refractivity (Wildman–Crippen MR) is 117 cm³/mol. The monoisotopic (exact) mass is 419 g/mol. The van der Waals surface area contributed by atoms with E-state index in [-0.39, 0.29) is 23.7 Å². The lowest BCUT2D eigenvalue weighted by Gasteiger charge is -2.12. The third-order valence-electron chi connectivity index (χ3n) is 5.36. The van der Waals surface area contributed by atoms with Crippen molar-refractivity contribution in [3.05, 3.63) is 60.0 Å². The highest BCUT2D eigenvalue weighted by Gasteiger charge is 2.31. The molecule has 1 aliphatic rings. The van der Waals surface area contributed by atoms with Gasteiger partial charge in [0.15, 0.2) is 0 Å². The van der Waals surface area contributed by atoms with Crippen molar-refractivity contribution in [3.63, 3.8) is 0 Å². The van der Waals surface area contributed by atoms with E-state index in [1.54, 1.807) is 30.5 Å². The molecule has 2 aromatic heterocycles. The van der Waals surface area contributed by atoms with Gasteiger partial charge in [-0.05, 0) is 62.6 Å². The zero-order valence-corrected chi connectivity index (χ0v) is 17.5. The van der Waals surface area contributed by atoms with Crippen LogP contribution in [0.4, 0.5) is 10.5 Å². The number of aromatic hydroxyl groups is 1. The summed E-state index contributed by atoms with van der Waals surface area (Å²) in [5.74, 6) is 0.00937. The SMILES string of the molecule is CCC(C)NC(=O)n1nc(-c2cc(NC(=O)c3cccnc3)ccc2O)cc1C1CC1. The van der Waals surface area contributed by atoms with Gasteiger partial charge in [-0.2, -0.15) is 9.78 Å². The van der Waals surface area contributed by atoms with Crippen molar-refractivity contribution in [2.24, 2.45) is 0 Å². The van der Waals surface area contributed by atoms with Crippen LogP contribution in [-0.4, -0.2) is 37.9 Å². The fraction of sp³-hybridized carbons (Fsp3) is 0.304. The molecular formula is C23H25N5O3. The van der Waals surface area contributed by atoms with Crippen LogP contribution in [0.25, 0.3) is 11.3 Å². The molecule has 0 spiro atoms. The second-order valence-corrected chi connectivity index (χ2v) is 7.83. The second-order valence-electron chi connectivity index (χ2n) is 7.83. The highest BCUT2D eigenvalue weighted by atomic mass is 16.3. The van der Waals surface area contributed by atoms with Crippen molar-refractivity contribution in [1.82, 2.24) is 20.1 Å². The number of hydrogen-bond acceptors (Lipinski definition) is 5. The van der Waals surface area contributed by atoms with Gasteiger partial charge in [0.1, 0.15) is 5.75 Å². The molecule has 0 radical (unpaired) electrons. The Bertz CT molecular complexity index is 1110. The van der Waals surface area contributed by atoms with Crippen molar-refractivity contribution >= 4 is 17.6 Å². The summed E-state index contributed by atoms with van der Waals surface area (Å²) in [7, 11) is 0. The summed E-state index contributed by atoms with van der Waals surface area (Å²) in [6, 6.07) is 9.73. The summed E-state index contributed by atoms with van der Waals surface area (Å²) < 4.78 is 1.40. The summed E-state index contributed by atoms with van der Waals surface area (Å²) in [5, 5.41) is 20.7. The fourth-order valence-corrected chi connectivity index (χ4v) is 3.25. The van der Waals surface area contributed by atoms with Crippen LogP contribution in [0.1, 0.15) is 55.1 Å². The minimum atomic E-state index is -0.304. The Morgan fingerprint density at radius 2 is 2.06 bits per heavy atom. The van der Waals surface area contributed by atoms with Crippen LogP contribution in [-0.2, 0) is 0 Å². The number of amides is 2. The molecule has 3 aromatic rings. The van der Waals surface area contributed by atoms with Crippen LogP contribution in [0, 0.1) is 0 Å². The molecule has 1 atom stereocenters. The number of hydrogen-bond donors (Lipinski definition) is 3. The van der Waals surface area contributed by atoms with Crippen LogP contribution in [0.2, 0.25) is 0 Å². The first-order valence-corrected chi connectivity index (χ1v) is 10.4. The molecule has 2 amide bonds. The predicted octanol–water partition coefficient (Wildman–Crippen LogP) is 4.14. The number of rotatable bonds is 6. The van der Waals surface area contributed by atoms with E-state index in [2.05, 4.69) is 20.7 Å². The van der Waals surface area contributed by atoms with Crippen LogP contribution < -0.4 is 10.6 Å². The molecule has 8 nitrogen and oxygen atoms in total. The maximum absolute atomic E-state index is 12.7. The Balaban J connectivity index is 1.63. The molecule has 1 saturated carbocycles. The van der Waals surface area contributed by atoms with Gasteiger partial charge in [0.05, 0.1) is 17.0 Å². The molecule has 0 saturated heterocycles. The van der Waals surface area contributed by atoms with Crippen molar-refractivity contribution in [2.75, 3.05) is 5.32 Å². The van der Waals surface area contributed by atoms with E-state index in [0.717, 1.165) is 25.0 Å². The number of pyridine rings is 1. The lowest BCUT2D eigenvalue weighted by atomic mass is 10.1. The summed E-state index contributed by atoms with van der Waals surface area (Å²) >= 11 is 0. The van der Waals surface area contributed by atoms with Gasteiger partial charge in [-0.15, -0.1) is 0 Å². The van der Waals surface area contributed by atoms with E-state index in [9.17, 15) is 14.7 Å². The van der Waals surface area contributed by atoms with Crippen molar-refractivity contribution in [1.29, 1.82) is 0 Å². The van der Waals surface area contributed by atoms with E-state index in [1.807, 2.05) is 19.9 Å².